The molecule has 1 aromatic rings. The zero-order valence-electron chi connectivity index (χ0n) is 28.6. The SMILES string of the molecule is C=C(C=CC=C(CO)C1CCC2(C(CCCO)C(=C(C)C(=O)Cc3ccc(O)cc3)CCC2(C)O)C1O)C(CC=C(C)C)NCC. The highest BCUT2D eigenvalue weighted by Gasteiger charge is 2.64. The van der Waals surface area contributed by atoms with Gasteiger partial charge in [-0.3, -0.25) is 4.79 Å². The second-order valence-corrected chi connectivity index (χ2v) is 13.7. The van der Waals surface area contributed by atoms with E-state index in [0.29, 0.717) is 49.7 Å². The van der Waals surface area contributed by atoms with E-state index in [0.717, 1.165) is 29.7 Å². The number of hydrogen-bond donors (Lipinski definition) is 6. The fourth-order valence-electron chi connectivity index (χ4n) is 7.84. The van der Waals surface area contributed by atoms with Crippen LogP contribution in [0.5, 0.6) is 5.75 Å². The van der Waals surface area contributed by atoms with Crippen LogP contribution >= 0.6 is 0 Å². The van der Waals surface area contributed by atoms with Gasteiger partial charge in [0, 0.05) is 30.4 Å². The molecule has 7 heteroatoms. The van der Waals surface area contributed by atoms with Gasteiger partial charge >= 0.3 is 0 Å². The Labute approximate surface area is 276 Å². The second-order valence-electron chi connectivity index (χ2n) is 13.7. The Kier molecular flexibility index (Phi) is 13.8. The van der Waals surface area contributed by atoms with Crippen molar-refractivity contribution in [1.82, 2.24) is 5.32 Å². The maximum absolute atomic E-state index is 13.6. The van der Waals surface area contributed by atoms with Gasteiger partial charge in [-0.05, 0) is 120 Å². The molecule has 254 valence electrons. The molecule has 0 radical (unpaired) electrons. The van der Waals surface area contributed by atoms with Gasteiger partial charge in [-0.25, -0.2) is 0 Å². The van der Waals surface area contributed by atoms with Gasteiger partial charge in [0.05, 0.1) is 18.3 Å². The normalized spacial score (nSPS) is 28.5. The number of aromatic hydroxyl groups is 1. The van der Waals surface area contributed by atoms with Crippen LogP contribution < -0.4 is 5.32 Å². The standard InChI is InChI=1S/C39H57NO6/c1-7-40-35(18-13-26(2)3)27(4)10-8-11-30(25-42)33-20-22-39(37(33)45)34(12-9-23-41)32(19-21-38(39,6)46)28(5)36(44)24-29-14-16-31(43)17-15-29/h8,10-11,13-17,33-35,37,40-43,45-46H,4,7,9,12,18-25H2,1-3,5-6H3. The number of benzene rings is 1. The van der Waals surface area contributed by atoms with Gasteiger partial charge in [-0.15, -0.1) is 0 Å². The number of carbonyl (C=O) groups is 1. The van der Waals surface area contributed by atoms with Crippen molar-refractivity contribution < 1.29 is 30.3 Å². The number of nitrogens with one attached hydrogen (secondary N) is 1. The summed E-state index contributed by atoms with van der Waals surface area (Å²) in [7, 11) is 0. The van der Waals surface area contributed by atoms with Crippen LogP contribution in [0.25, 0.3) is 0 Å². The summed E-state index contributed by atoms with van der Waals surface area (Å²) in [6.07, 6.45) is 11.0. The lowest BCUT2D eigenvalue weighted by Gasteiger charge is -2.55. The molecular weight excluding hydrogens is 578 g/mol. The van der Waals surface area contributed by atoms with Gasteiger partial charge in [0.1, 0.15) is 5.75 Å². The van der Waals surface area contributed by atoms with E-state index in [9.17, 15) is 30.3 Å². The maximum atomic E-state index is 13.6. The molecule has 1 spiro atoms. The fraction of sp³-hybridized carbons (Fsp3) is 0.564. The quantitative estimate of drug-likeness (QED) is 0.0807. The molecule has 2 aliphatic carbocycles. The minimum Gasteiger partial charge on any atom is -0.508 e. The van der Waals surface area contributed by atoms with Crippen LogP contribution in [0.3, 0.4) is 0 Å². The summed E-state index contributed by atoms with van der Waals surface area (Å²) in [5.74, 6) is -0.561. The van der Waals surface area contributed by atoms with Crippen LogP contribution in [0.2, 0.25) is 0 Å². The number of rotatable bonds is 15. The molecular formula is C39H57NO6. The van der Waals surface area contributed by atoms with Crippen molar-refractivity contribution in [3.63, 3.8) is 0 Å². The molecule has 0 bridgehead atoms. The van der Waals surface area contributed by atoms with Crippen LogP contribution in [0.15, 0.2) is 83.0 Å². The molecule has 0 amide bonds. The van der Waals surface area contributed by atoms with Gasteiger partial charge in [0.2, 0.25) is 0 Å². The average molecular weight is 636 g/mol. The number of aliphatic hydroxyl groups is 4. The van der Waals surface area contributed by atoms with E-state index in [2.05, 4.69) is 38.7 Å². The van der Waals surface area contributed by atoms with Gasteiger partial charge < -0.3 is 30.8 Å². The molecule has 7 nitrogen and oxygen atoms in total. The number of Topliss-reactive ketones (excluding diaryl/α,β-unsaturated/α-hetero) is 1. The van der Waals surface area contributed by atoms with E-state index >= 15 is 0 Å². The topological polar surface area (TPSA) is 130 Å². The molecule has 0 saturated heterocycles. The first-order valence-electron chi connectivity index (χ1n) is 16.9. The lowest BCUT2D eigenvalue weighted by molar-refractivity contribution is -0.167. The van der Waals surface area contributed by atoms with Gasteiger partial charge in [-0.2, -0.15) is 0 Å². The number of hydrogen-bond acceptors (Lipinski definition) is 7. The Morgan fingerprint density at radius 1 is 1.15 bits per heavy atom. The summed E-state index contributed by atoms with van der Waals surface area (Å²) < 4.78 is 0. The molecule has 1 aromatic carbocycles. The average Bonchev–Trinajstić information content (AvgIpc) is 3.36. The summed E-state index contributed by atoms with van der Waals surface area (Å²) in [6.45, 7) is 14.7. The molecule has 6 N–H and O–H groups in total. The van der Waals surface area contributed by atoms with Crippen molar-refractivity contribution in [1.29, 1.82) is 0 Å². The second kappa shape index (κ2) is 16.8. The molecule has 0 aliphatic heterocycles. The highest BCUT2D eigenvalue weighted by atomic mass is 16.3. The number of carbonyl (C=O) groups excluding carboxylic acids is 1. The van der Waals surface area contributed by atoms with Crippen molar-refractivity contribution in [2.24, 2.45) is 17.3 Å². The Morgan fingerprint density at radius 2 is 1.85 bits per heavy atom. The largest absolute Gasteiger partial charge is 0.508 e. The number of phenols is 1. The summed E-state index contributed by atoms with van der Waals surface area (Å²) in [4.78, 5) is 13.6. The number of allylic oxidation sites excluding steroid dienone is 5. The summed E-state index contributed by atoms with van der Waals surface area (Å²) in [6, 6.07) is 6.71. The molecule has 46 heavy (non-hydrogen) atoms. The first-order valence-corrected chi connectivity index (χ1v) is 16.9. The predicted molar refractivity (Wildman–Crippen MR) is 185 cm³/mol. The third-order valence-corrected chi connectivity index (χ3v) is 10.5. The third-order valence-electron chi connectivity index (χ3n) is 10.5. The molecule has 6 unspecified atom stereocenters. The summed E-state index contributed by atoms with van der Waals surface area (Å²) in [5, 5.41) is 57.6. The van der Waals surface area contributed by atoms with Gasteiger partial charge in [0.25, 0.3) is 0 Å². The zero-order valence-corrected chi connectivity index (χ0v) is 28.6. The molecule has 2 saturated carbocycles. The monoisotopic (exact) mass is 635 g/mol. The van der Waals surface area contributed by atoms with Crippen molar-refractivity contribution >= 4 is 5.78 Å². The number of aliphatic hydroxyl groups excluding tert-OH is 3. The minimum atomic E-state index is -1.21. The fourth-order valence-corrected chi connectivity index (χ4v) is 7.84. The van der Waals surface area contributed by atoms with Crippen LogP contribution in [0.1, 0.15) is 85.1 Å². The molecule has 2 fully saturated rings. The van der Waals surface area contributed by atoms with E-state index in [4.69, 9.17) is 0 Å². The first-order chi connectivity index (χ1) is 21.8. The lowest BCUT2D eigenvalue weighted by Crippen LogP contribution is -2.59. The maximum Gasteiger partial charge on any atom is 0.162 e. The molecule has 0 heterocycles. The Balaban J connectivity index is 1.94. The van der Waals surface area contributed by atoms with Crippen LogP contribution in [-0.4, -0.2) is 68.8 Å². The molecule has 3 rings (SSSR count). The lowest BCUT2D eigenvalue weighted by atomic mass is 9.52. The van der Waals surface area contributed by atoms with Crippen molar-refractivity contribution in [2.75, 3.05) is 19.8 Å². The van der Waals surface area contributed by atoms with E-state index in [1.165, 1.54) is 5.57 Å². The Hall–Kier alpha value is -2.81. The van der Waals surface area contributed by atoms with Crippen molar-refractivity contribution in [3.8, 4) is 5.75 Å². The van der Waals surface area contributed by atoms with Crippen LogP contribution in [-0.2, 0) is 11.2 Å². The number of phenolic OH excluding ortho intramolecular Hbond substituents is 1. The summed E-state index contributed by atoms with van der Waals surface area (Å²) in [5.41, 5.74) is 3.11. The van der Waals surface area contributed by atoms with Crippen LogP contribution in [0, 0.1) is 17.3 Å². The summed E-state index contributed by atoms with van der Waals surface area (Å²) >= 11 is 0. The van der Waals surface area contributed by atoms with E-state index in [-0.39, 0.29) is 49.0 Å². The van der Waals surface area contributed by atoms with Crippen molar-refractivity contribution in [3.05, 3.63) is 88.6 Å². The molecule has 6 atom stereocenters. The first kappa shape index (κ1) is 37.6. The predicted octanol–water partition coefficient (Wildman–Crippen LogP) is 5.88. The van der Waals surface area contributed by atoms with Crippen LogP contribution in [0.4, 0.5) is 0 Å². The van der Waals surface area contributed by atoms with Gasteiger partial charge in [0.15, 0.2) is 5.78 Å². The van der Waals surface area contributed by atoms with E-state index < -0.39 is 17.1 Å². The Bertz CT molecular complexity index is 1320. The molecule has 2 aliphatic rings. The zero-order chi connectivity index (χ0) is 34.1. The number of likely N-dealkylation sites (N-methyl/N-ethyl adjacent to an activating group) is 1. The van der Waals surface area contributed by atoms with E-state index in [1.807, 2.05) is 25.2 Å². The number of ketones is 1. The third kappa shape index (κ3) is 8.55. The van der Waals surface area contributed by atoms with E-state index in [1.54, 1.807) is 31.2 Å². The van der Waals surface area contributed by atoms with Gasteiger partial charge in [-0.1, -0.05) is 61.1 Å². The molecule has 0 aromatic heterocycles. The van der Waals surface area contributed by atoms with Crippen molar-refractivity contribution in [2.45, 2.75) is 104 Å². The highest BCUT2D eigenvalue weighted by molar-refractivity contribution is 5.97. The highest BCUT2D eigenvalue weighted by Crippen LogP contribution is 2.63. The minimum absolute atomic E-state index is 0.0278. The smallest absolute Gasteiger partial charge is 0.162 e. The Morgan fingerprint density at radius 3 is 2.46 bits per heavy atom.